The van der Waals surface area contributed by atoms with Crippen molar-refractivity contribution < 1.29 is 38.8 Å². The van der Waals surface area contributed by atoms with Crippen LogP contribution in [0.3, 0.4) is 0 Å². The minimum absolute atomic E-state index is 0.0292. The van der Waals surface area contributed by atoms with Gasteiger partial charge in [0, 0.05) is 29.2 Å². The van der Waals surface area contributed by atoms with E-state index in [9.17, 15) is 24.6 Å². The average molecular weight is 412 g/mol. The van der Waals surface area contributed by atoms with Crippen molar-refractivity contribution in [3.05, 3.63) is 46.0 Å². The predicted octanol–water partition coefficient (Wildman–Crippen LogP) is 2.35. The SMILES string of the molecule is COc1cc(OC)c2c(c1)C(=O)c1cc3c(c(O)c1C2=O)[C@H](CCC(C)=O)[C@@H](O)O3. The second kappa shape index (κ2) is 7.14. The molecule has 1 aliphatic heterocycles. The molecule has 0 aromatic heterocycles. The van der Waals surface area contributed by atoms with Gasteiger partial charge in [0.25, 0.3) is 0 Å². The molecule has 0 amide bonds. The second-order valence-electron chi connectivity index (χ2n) is 7.33. The molecule has 8 heteroatoms. The number of phenols is 1. The van der Waals surface area contributed by atoms with Crippen LogP contribution in [0.1, 0.15) is 63.1 Å². The highest BCUT2D eigenvalue weighted by Crippen LogP contribution is 2.50. The van der Waals surface area contributed by atoms with Crippen LogP contribution in [0.25, 0.3) is 0 Å². The van der Waals surface area contributed by atoms with Crippen LogP contribution in [-0.4, -0.2) is 48.1 Å². The molecule has 0 bridgehead atoms. The fourth-order valence-corrected chi connectivity index (χ4v) is 4.08. The van der Waals surface area contributed by atoms with Gasteiger partial charge in [0.2, 0.25) is 12.1 Å². The molecule has 0 radical (unpaired) electrons. The maximum Gasteiger partial charge on any atom is 0.204 e. The number of phenolic OH excluding ortho intramolecular Hbond substituents is 1. The van der Waals surface area contributed by atoms with Crippen molar-refractivity contribution in [2.75, 3.05) is 14.2 Å². The molecule has 8 nitrogen and oxygen atoms in total. The number of ketones is 3. The Morgan fingerprint density at radius 2 is 1.77 bits per heavy atom. The number of fused-ring (bicyclic) bond motifs is 3. The van der Waals surface area contributed by atoms with Gasteiger partial charge < -0.3 is 29.2 Å². The normalized spacial score (nSPS) is 18.9. The summed E-state index contributed by atoms with van der Waals surface area (Å²) < 4.78 is 15.9. The quantitative estimate of drug-likeness (QED) is 0.655. The van der Waals surface area contributed by atoms with E-state index in [0.29, 0.717) is 5.75 Å². The predicted molar refractivity (Wildman–Crippen MR) is 104 cm³/mol. The fourth-order valence-electron chi connectivity index (χ4n) is 4.08. The molecule has 0 unspecified atom stereocenters. The Morgan fingerprint density at radius 1 is 1.07 bits per heavy atom. The van der Waals surface area contributed by atoms with Crippen LogP contribution < -0.4 is 14.2 Å². The lowest BCUT2D eigenvalue weighted by Crippen LogP contribution is -2.22. The summed E-state index contributed by atoms with van der Waals surface area (Å²) in [6.45, 7) is 1.43. The highest BCUT2D eigenvalue weighted by atomic mass is 16.6. The van der Waals surface area contributed by atoms with Gasteiger partial charge in [0.1, 0.15) is 28.8 Å². The molecule has 2 aromatic rings. The number of carbonyl (C=O) groups excluding carboxylic acids is 3. The number of hydrogen-bond donors (Lipinski definition) is 2. The Bertz CT molecular complexity index is 1100. The number of ether oxygens (including phenoxy) is 3. The summed E-state index contributed by atoms with van der Waals surface area (Å²) in [5, 5.41) is 21.3. The minimum Gasteiger partial charge on any atom is -0.507 e. The zero-order valence-electron chi connectivity index (χ0n) is 16.6. The van der Waals surface area contributed by atoms with E-state index in [0.717, 1.165) is 0 Å². The molecular formula is C22H20O8. The molecule has 0 saturated carbocycles. The summed E-state index contributed by atoms with van der Waals surface area (Å²) in [7, 11) is 2.80. The van der Waals surface area contributed by atoms with E-state index < -0.39 is 29.5 Å². The first kappa shape index (κ1) is 19.9. The van der Waals surface area contributed by atoms with Gasteiger partial charge in [-0.2, -0.15) is 0 Å². The Morgan fingerprint density at radius 3 is 2.40 bits per heavy atom. The smallest absolute Gasteiger partial charge is 0.204 e. The van der Waals surface area contributed by atoms with Gasteiger partial charge >= 0.3 is 0 Å². The first-order valence-corrected chi connectivity index (χ1v) is 9.37. The van der Waals surface area contributed by atoms with Gasteiger partial charge in [0.15, 0.2) is 5.78 Å². The van der Waals surface area contributed by atoms with Crippen LogP contribution in [-0.2, 0) is 4.79 Å². The van der Waals surface area contributed by atoms with E-state index >= 15 is 0 Å². The number of benzene rings is 2. The van der Waals surface area contributed by atoms with Crippen molar-refractivity contribution in [1.82, 2.24) is 0 Å². The van der Waals surface area contributed by atoms with Crippen LogP contribution in [0, 0.1) is 0 Å². The van der Waals surface area contributed by atoms with E-state index in [1.807, 2.05) is 0 Å². The molecule has 0 spiro atoms. The summed E-state index contributed by atoms with van der Waals surface area (Å²) in [6.07, 6.45) is -0.893. The summed E-state index contributed by atoms with van der Waals surface area (Å²) in [5.41, 5.74) is 0.152. The maximum absolute atomic E-state index is 13.3. The van der Waals surface area contributed by atoms with E-state index in [1.165, 1.54) is 39.3 Å². The van der Waals surface area contributed by atoms with E-state index in [4.69, 9.17) is 14.2 Å². The monoisotopic (exact) mass is 412 g/mol. The molecule has 1 heterocycles. The zero-order chi connectivity index (χ0) is 21.7. The molecular weight excluding hydrogens is 392 g/mol. The van der Waals surface area contributed by atoms with Crippen molar-refractivity contribution in [2.24, 2.45) is 0 Å². The molecule has 30 heavy (non-hydrogen) atoms. The van der Waals surface area contributed by atoms with Crippen LogP contribution in [0.4, 0.5) is 0 Å². The van der Waals surface area contributed by atoms with E-state index in [2.05, 4.69) is 0 Å². The Kier molecular flexibility index (Phi) is 4.74. The molecule has 0 saturated heterocycles. The fraction of sp³-hybridized carbons (Fsp3) is 0.318. The summed E-state index contributed by atoms with van der Waals surface area (Å²) in [5.74, 6) is -1.66. The van der Waals surface area contributed by atoms with E-state index in [1.54, 1.807) is 0 Å². The molecule has 2 N–H and O–H groups in total. The third kappa shape index (κ3) is 2.83. The summed E-state index contributed by atoms with van der Waals surface area (Å²) in [4.78, 5) is 37.9. The van der Waals surface area contributed by atoms with Gasteiger partial charge in [-0.15, -0.1) is 0 Å². The van der Waals surface area contributed by atoms with Crippen LogP contribution in [0.15, 0.2) is 18.2 Å². The number of Topliss-reactive ketones (excluding diaryl/α,β-unsaturated/α-hetero) is 1. The highest BCUT2D eigenvalue weighted by molar-refractivity contribution is 6.30. The second-order valence-corrected chi connectivity index (χ2v) is 7.33. The number of aliphatic hydroxyl groups is 1. The van der Waals surface area contributed by atoms with Crippen LogP contribution in [0.5, 0.6) is 23.0 Å². The largest absolute Gasteiger partial charge is 0.507 e. The Hall–Kier alpha value is -3.39. The standard InChI is InChI=1S/C22H20O8/c1-9(23)4-5-11-16-15(30-22(11)27)8-13-18(20(16)25)21(26)17-12(19(13)24)6-10(28-2)7-14(17)29-3/h6-8,11,22,25,27H,4-5H2,1-3H3/t11-,22-/m0/s1. The highest BCUT2D eigenvalue weighted by Gasteiger charge is 2.42. The van der Waals surface area contributed by atoms with Crippen molar-refractivity contribution in [3.63, 3.8) is 0 Å². The van der Waals surface area contributed by atoms with Gasteiger partial charge in [-0.3, -0.25) is 9.59 Å². The molecule has 2 aliphatic rings. The lowest BCUT2D eigenvalue weighted by molar-refractivity contribution is -0.117. The topological polar surface area (TPSA) is 119 Å². The summed E-state index contributed by atoms with van der Waals surface area (Å²) in [6, 6.07) is 4.29. The number of aliphatic hydroxyl groups excluding tert-OH is 1. The first-order valence-electron chi connectivity index (χ1n) is 9.37. The average Bonchev–Trinajstić information content (AvgIpc) is 3.04. The lowest BCUT2D eigenvalue weighted by atomic mass is 9.80. The third-order valence-electron chi connectivity index (χ3n) is 5.55. The Balaban J connectivity index is 1.90. The van der Waals surface area contributed by atoms with Crippen LogP contribution in [0.2, 0.25) is 0 Å². The number of rotatable bonds is 5. The first-order chi connectivity index (χ1) is 14.3. The third-order valence-corrected chi connectivity index (χ3v) is 5.55. The number of aromatic hydroxyl groups is 1. The summed E-state index contributed by atoms with van der Waals surface area (Å²) >= 11 is 0. The lowest BCUT2D eigenvalue weighted by Gasteiger charge is -2.22. The van der Waals surface area contributed by atoms with E-state index in [-0.39, 0.29) is 57.9 Å². The van der Waals surface area contributed by atoms with Crippen molar-refractivity contribution in [1.29, 1.82) is 0 Å². The molecule has 1 aliphatic carbocycles. The van der Waals surface area contributed by atoms with Gasteiger partial charge in [-0.1, -0.05) is 0 Å². The number of carbonyl (C=O) groups is 3. The molecule has 156 valence electrons. The molecule has 2 atom stereocenters. The van der Waals surface area contributed by atoms with Crippen LogP contribution >= 0.6 is 0 Å². The number of methoxy groups -OCH3 is 2. The van der Waals surface area contributed by atoms with Gasteiger partial charge in [-0.25, -0.2) is 0 Å². The Labute approximate surface area is 172 Å². The zero-order valence-corrected chi connectivity index (χ0v) is 16.6. The van der Waals surface area contributed by atoms with Gasteiger partial charge in [-0.05, 0) is 25.5 Å². The van der Waals surface area contributed by atoms with Crippen molar-refractivity contribution in [2.45, 2.75) is 32.0 Å². The molecule has 4 rings (SSSR count). The minimum atomic E-state index is -1.30. The number of hydrogen-bond acceptors (Lipinski definition) is 8. The van der Waals surface area contributed by atoms with Gasteiger partial charge in [0.05, 0.1) is 31.3 Å². The molecule has 0 fully saturated rings. The van der Waals surface area contributed by atoms with Crippen molar-refractivity contribution in [3.8, 4) is 23.0 Å². The molecule has 2 aromatic carbocycles. The maximum atomic E-state index is 13.3. The van der Waals surface area contributed by atoms with Crippen molar-refractivity contribution >= 4 is 17.3 Å².